The quantitative estimate of drug-likeness (QED) is 0.777. The van der Waals surface area contributed by atoms with Gasteiger partial charge in [0.2, 0.25) is 5.95 Å². The first kappa shape index (κ1) is 13.2. The molecule has 0 unspecified atom stereocenters. The standard InChI is InChI=1S/C12H18N4O/c1-5-6-13-10(17)9-7-14-11(15-8-9)16-12(2,3)4/h5,7-8H,1,6H2,2-4H3,(H,13,17)(H,14,15,16). The van der Waals surface area contributed by atoms with E-state index in [1.54, 1.807) is 6.08 Å². The van der Waals surface area contributed by atoms with Crippen molar-refractivity contribution in [2.24, 2.45) is 0 Å². The van der Waals surface area contributed by atoms with Crippen LogP contribution >= 0.6 is 0 Å². The predicted octanol–water partition coefficient (Wildman–Crippen LogP) is 1.60. The van der Waals surface area contributed by atoms with E-state index in [2.05, 4.69) is 27.2 Å². The molecule has 0 spiro atoms. The third-order valence-electron chi connectivity index (χ3n) is 1.81. The maximum atomic E-state index is 11.5. The molecule has 5 nitrogen and oxygen atoms in total. The molecule has 0 aromatic carbocycles. The van der Waals surface area contributed by atoms with Crippen LogP contribution in [0, 0.1) is 0 Å². The van der Waals surface area contributed by atoms with Gasteiger partial charge in [0, 0.05) is 24.5 Å². The molecule has 0 saturated carbocycles. The lowest BCUT2D eigenvalue weighted by molar-refractivity contribution is 0.0957. The van der Waals surface area contributed by atoms with Gasteiger partial charge in [-0.05, 0) is 20.8 Å². The molecule has 0 fully saturated rings. The summed E-state index contributed by atoms with van der Waals surface area (Å²) in [4.78, 5) is 19.7. The summed E-state index contributed by atoms with van der Waals surface area (Å²) in [6.45, 7) is 10.0. The van der Waals surface area contributed by atoms with Crippen molar-refractivity contribution in [3.05, 3.63) is 30.6 Å². The summed E-state index contributed by atoms with van der Waals surface area (Å²) in [6.07, 6.45) is 4.62. The van der Waals surface area contributed by atoms with Crippen LogP contribution in [0.2, 0.25) is 0 Å². The Morgan fingerprint density at radius 2 is 2.00 bits per heavy atom. The number of aromatic nitrogens is 2. The molecule has 1 amide bonds. The monoisotopic (exact) mass is 234 g/mol. The molecule has 2 N–H and O–H groups in total. The molecule has 1 aromatic rings. The van der Waals surface area contributed by atoms with E-state index in [1.165, 1.54) is 12.4 Å². The van der Waals surface area contributed by atoms with Gasteiger partial charge in [-0.2, -0.15) is 0 Å². The lowest BCUT2D eigenvalue weighted by Crippen LogP contribution is -2.28. The van der Waals surface area contributed by atoms with E-state index in [9.17, 15) is 4.79 Å². The molecule has 0 aliphatic rings. The Bertz CT molecular complexity index is 392. The van der Waals surface area contributed by atoms with E-state index < -0.39 is 0 Å². The fraction of sp³-hybridized carbons (Fsp3) is 0.417. The summed E-state index contributed by atoms with van der Waals surface area (Å²) in [6, 6.07) is 0. The van der Waals surface area contributed by atoms with Gasteiger partial charge < -0.3 is 10.6 Å². The van der Waals surface area contributed by atoms with Crippen molar-refractivity contribution in [1.29, 1.82) is 0 Å². The average molecular weight is 234 g/mol. The minimum Gasteiger partial charge on any atom is -0.350 e. The van der Waals surface area contributed by atoms with Crippen LogP contribution in [0.15, 0.2) is 25.0 Å². The van der Waals surface area contributed by atoms with Gasteiger partial charge in [-0.15, -0.1) is 6.58 Å². The number of hydrogen-bond acceptors (Lipinski definition) is 4. The molecule has 5 heteroatoms. The van der Waals surface area contributed by atoms with Gasteiger partial charge in [-0.25, -0.2) is 9.97 Å². The molecule has 1 rings (SSSR count). The highest BCUT2D eigenvalue weighted by Gasteiger charge is 2.11. The van der Waals surface area contributed by atoms with E-state index in [1.807, 2.05) is 20.8 Å². The molecular formula is C12H18N4O. The number of nitrogens with zero attached hydrogens (tertiary/aromatic N) is 2. The highest BCUT2D eigenvalue weighted by molar-refractivity contribution is 5.93. The Morgan fingerprint density at radius 3 is 2.47 bits per heavy atom. The molecule has 0 aliphatic heterocycles. The third kappa shape index (κ3) is 4.63. The van der Waals surface area contributed by atoms with Crippen LogP contribution in [0.4, 0.5) is 5.95 Å². The van der Waals surface area contributed by atoms with E-state index in [4.69, 9.17) is 0 Å². The summed E-state index contributed by atoms with van der Waals surface area (Å²) in [5.41, 5.74) is 0.332. The third-order valence-corrected chi connectivity index (χ3v) is 1.81. The summed E-state index contributed by atoms with van der Waals surface area (Å²) in [5.74, 6) is 0.310. The molecule has 0 atom stereocenters. The molecule has 0 saturated heterocycles. The molecule has 0 radical (unpaired) electrons. The lowest BCUT2D eigenvalue weighted by atomic mass is 10.1. The van der Waals surface area contributed by atoms with Crippen molar-refractivity contribution in [2.45, 2.75) is 26.3 Å². The molecular weight excluding hydrogens is 216 g/mol. The van der Waals surface area contributed by atoms with E-state index in [-0.39, 0.29) is 11.4 Å². The number of carbonyl (C=O) groups is 1. The van der Waals surface area contributed by atoms with Crippen molar-refractivity contribution in [2.75, 3.05) is 11.9 Å². The zero-order valence-corrected chi connectivity index (χ0v) is 10.4. The van der Waals surface area contributed by atoms with Crippen LogP contribution in [0.1, 0.15) is 31.1 Å². The van der Waals surface area contributed by atoms with Gasteiger partial charge in [0.05, 0.1) is 5.56 Å². The normalized spacial score (nSPS) is 10.8. The molecule has 17 heavy (non-hydrogen) atoms. The molecule has 0 aliphatic carbocycles. The van der Waals surface area contributed by atoms with Gasteiger partial charge in [0.1, 0.15) is 0 Å². The lowest BCUT2D eigenvalue weighted by Gasteiger charge is -2.20. The molecule has 1 aromatic heterocycles. The zero-order valence-electron chi connectivity index (χ0n) is 10.4. The van der Waals surface area contributed by atoms with Gasteiger partial charge in [-0.1, -0.05) is 6.08 Å². The maximum absolute atomic E-state index is 11.5. The minimum atomic E-state index is -0.202. The Kier molecular flexibility index (Phi) is 4.20. The first-order valence-corrected chi connectivity index (χ1v) is 5.42. The van der Waals surface area contributed by atoms with Gasteiger partial charge in [-0.3, -0.25) is 4.79 Å². The summed E-state index contributed by atoms with van der Waals surface area (Å²) in [7, 11) is 0. The number of nitrogens with one attached hydrogen (secondary N) is 2. The fourth-order valence-corrected chi connectivity index (χ4v) is 1.11. The molecule has 92 valence electrons. The minimum absolute atomic E-state index is 0.105. The average Bonchev–Trinajstić information content (AvgIpc) is 2.24. The number of anilines is 1. The Balaban J connectivity index is 2.67. The summed E-state index contributed by atoms with van der Waals surface area (Å²) in [5, 5.41) is 5.78. The van der Waals surface area contributed by atoms with Crippen molar-refractivity contribution < 1.29 is 4.79 Å². The zero-order chi connectivity index (χ0) is 12.9. The molecule has 1 heterocycles. The second-order valence-corrected chi connectivity index (χ2v) is 4.67. The van der Waals surface area contributed by atoms with Crippen LogP contribution < -0.4 is 10.6 Å². The smallest absolute Gasteiger partial charge is 0.254 e. The first-order valence-electron chi connectivity index (χ1n) is 5.42. The van der Waals surface area contributed by atoms with Crippen LogP contribution in [0.25, 0.3) is 0 Å². The van der Waals surface area contributed by atoms with E-state index in [0.717, 1.165) is 0 Å². The highest BCUT2D eigenvalue weighted by Crippen LogP contribution is 2.08. The van der Waals surface area contributed by atoms with Crippen LogP contribution in [-0.4, -0.2) is 28.0 Å². The van der Waals surface area contributed by atoms with E-state index >= 15 is 0 Å². The largest absolute Gasteiger partial charge is 0.350 e. The fourth-order valence-electron chi connectivity index (χ4n) is 1.11. The van der Waals surface area contributed by atoms with Crippen LogP contribution in [0.3, 0.4) is 0 Å². The Hall–Kier alpha value is -1.91. The van der Waals surface area contributed by atoms with Crippen molar-refractivity contribution in [3.8, 4) is 0 Å². The number of carbonyl (C=O) groups excluding carboxylic acids is 1. The van der Waals surface area contributed by atoms with Crippen LogP contribution in [-0.2, 0) is 0 Å². The van der Waals surface area contributed by atoms with Crippen molar-refractivity contribution >= 4 is 11.9 Å². The highest BCUT2D eigenvalue weighted by atomic mass is 16.1. The number of rotatable bonds is 4. The predicted molar refractivity (Wildman–Crippen MR) is 67.9 cm³/mol. The second-order valence-electron chi connectivity index (χ2n) is 4.67. The molecule has 0 bridgehead atoms. The Morgan fingerprint density at radius 1 is 1.41 bits per heavy atom. The van der Waals surface area contributed by atoms with Crippen molar-refractivity contribution in [3.63, 3.8) is 0 Å². The van der Waals surface area contributed by atoms with Gasteiger partial charge in [0.25, 0.3) is 5.91 Å². The maximum Gasteiger partial charge on any atom is 0.254 e. The van der Waals surface area contributed by atoms with Crippen molar-refractivity contribution in [1.82, 2.24) is 15.3 Å². The summed E-state index contributed by atoms with van der Waals surface area (Å²) < 4.78 is 0. The van der Waals surface area contributed by atoms with Gasteiger partial charge >= 0.3 is 0 Å². The second kappa shape index (κ2) is 5.43. The number of amides is 1. The first-order chi connectivity index (χ1) is 7.92. The van der Waals surface area contributed by atoms with Gasteiger partial charge in [0.15, 0.2) is 0 Å². The Labute approximate surface area is 101 Å². The SMILES string of the molecule is C=CCNC(=O)c1cnc(NC(C)(C)C)nc1. The van der Waals surface area contributed by atoms with E-state index in [0.29, 0.717) is 18.1 Å². The van der Waals surface area contributed by atoms with Crippen LogP contribution in [0.5, 0.6) is 0 Å². The topological polar surface area (TPSA) is 66.9 Å². The summed E-state index contributed by atoms with van der Waals surface area (Å²) >= 11 is 0. The number of hydrogen-bond donors (Lipinski definition) is 2.